The number of benzene rings is 1. The Morgan fingerprint density at radius 1 is 1.08 bits per heavy atom. The number of fused-ring (bicyclic) bond motifs is 2. The SMILES string of the molecule is CCCC1(N)CCCc2ccc(-c3ccc4cnn(-c5cccc(CO[Si](C)(C)C(C)(C)C)n5)c4c3)nc21. The molecule has 200 valence electrons. The molecule has 0 saturated heterocycles. The van der Waals surface area contributed by atoms with E-state index in [-0.39, 0.29) is 10.6 Å². The average Bonchev–Trinajstić information content (AvgIpc) is 3.31. The summed E-state index contributed by atoms with van der Waals surface area (Å²) in [7, 11) is -1.86. The van der Waals surface area contributed by atoms with Crippen LogP contribution >= 0.6 is 0 Å². The van der Waals surface area contributed by atoms with Gasteiger partial charge in [0.1, 0.15) is 0 Å². The van der Waals surface area contributed by atoms with Gasteiger partial charge in [0, 0.05) is 10.9 Å². The van der Waals surface area contributed by atoms with Crippen molar-refractivity contribution in [1.82, 2.24) is 19.7 Å². The van der Waals surface area contributed by atoms with Gasteiger partial charge in [-0.3, -0.25) is 4.98 Å². The Balaban J connectivity index is 1.47. The Kier molecular flexibility index (Phi) is 7.05. The van der Waals surface area contributed by atoms with Crippen molar-refractivity contribution in [3.8, 4) is 17.1 Å². The van der Waals surface area contributed by atoms with Gasteiger partial charge in [0.15, 0.2) is 14.1 Å². The summed E-state index contributed by atoms with van der Waals surface area (Å²) in [5, 5.41) is 5.91. The molecule has 1 atom stereocenters. The van der Waals surface area contributed by atoms with Gasteiger partial charge in [-0.2, -0.15) is 5.10 Å². The molecule has 0 bridgehead atoms. The van der Waals surface area contributed by atoms with E-state index in [0.717, 1.165) is 71.5 Å². The van der Waals surface area contributed by atoms with E-state index >= 15 is 0 Å². The zero-order valence-electron chi connectivity index (χ0n) is 23.7. The van der Waals surface area contributed by atoms with Gasteiger partial charge in [0.25, 0.3) is 0 Å². The summed E-state index contributed by atoms with van der Waals surface area (Å²) in [4.78, 5) is 10.1. The molecular formula is C31H41N5OSi. The van der Waals surface area contributed by atoms with Crippen LogP contribution in [0, 0.1) is 0 Å². The molecule has 4 aromatic rings. The van der Waals surface area contributed by atoms with Gasteiger partial charge in [-0.15, -0.1) is 0 Å². The number of nitrogens with two attached hydrogens (primary N) is 1. The highest BCUT2D eigenvalue weighted by Crippen LogP contribution is 2.38. The number of pyridine rings is 2. The van der Waals surface area contributed by atoms with Gasteiger partial charge in [-0.25, -0.2) is 9.67 Å². The average molecular weight is 528 g/mol. The van der Waals surface area contributed by atoms with Crippen molar-refractivity contribution in [3.05, 3.63) is 71.7 Å². The smallest absolute Gasteiger partial charge is 0.192 e. The van der Waals surface area contributed by atoms with E-state index in [1.807, 2.05) is 29.1 Å². The number of nitrogens with zero attached hydrogens (tertiary/aromatic N) is 4. The number of aryl methyl sites for hydroxylation is 1. The molecule has 1 aliphatic rings. The van der Waals surface area contributed by atoms with Gasteiger partial charge in [0.2, 0.25) is 0 Å². The fourth-order valence-corrected chi connectivity index (χ4v) is 6.12. The molecule has 0 fully saturated rings. The summed E-state index contributed by atoms with van der Waals surface area (Å²) in [5.74, 6) is 0.788. The summed E-state index contributed by atoms with van der Waals surface area (Å²) in [6.07, 6.45) is 7.09. The number of hydrogen-bond donors (Lipinski definition) is 1. The van der Waals surface area contributed by atoms with Crippen molar-refractivity contribution >= 4 is 19.2 Å². The molecule has 1 unspecified atom stereocenters. The van der Waals surface area contributed by atoms with Crippen LogP contribution in [0.1, 0.15) is 70.3 Å². The third-order valence-electron chi connectivity index (χ3n) is 8.48. The molecule has 0 aliphatic heterocycles. The first-order chi connectivity index (χ1) is 18.0. The predicted molar refractivity (Wildman–Crippen MR) is 158 cm³/mol. The third-order valence-corrected chi connectivity index (χ3v) is 13.0. The first-order valence-electron chi connectivity index (χ1n) is 13.9. The summed E-state index contributed by atoms with van der Waals surface area (Å²) >= 11 is 0. The summed E-state index contributed by atoms with van der Waals surface area (Å²) in [5.41, 5.74) is 12.9. The van der Waals surface area contributed by atoms with Crippen molar-refractivity contribution < 1.29 is 4.43 Å². The normalized spacial score (nSPS) is 18.1. The lowest BCUT2D eigenvalue weighted by atomic mass is 9.77. The fraction of sp³-hybridized carbons (Fsp3) is 0.452. The van der Waals surface area contributed by atoms with Gasteiger partial charge < -0.3 is 10.2 Å². The van der Waals surface area contributed by atoms with Gasteiger partial charge >= 0.3 is 0 Å². The molecule has 1 aliphatic carbocycles. The first-order valence-corrected chi connectivity index (χ1v) is 16.8. The van der Waals surface area contributed by atoms with Crippen LogP contribution < -0.4 is 5.73 Å². The molecular weight excluding hydrogens is 486 g/mol. The van der Waals surface area contributed by atoms with E-state index in [9.17, 15) is 0 Å². The minimum Gasteiger partial charge on any atom is -0.411 e. The molecule has 3 heterocycles. The second kappa shape index (κ2) is 10.0. The first kappa shape index (κ1) is 26.7. The number of aromatic nitrogens is 4. The quantitative estimate of drug-likeness (QED) is 0.255. The maximum atomic E-state index is 6.90. The minimum absolute atomic E-state index is 0.157. The Labute approximate surface area is 227 Å². The van der Waals surface area contributed by atoms with Crippen LogP contribution in [0.15, 0.2) is 54.7 Å². The molecule has 5 rings (SSSR count). The molecule has 2 N–H and O–H groups in total. The van der Waals surface area contributed by atoms with Crippen LogP contribution in [0.4, 0.5) is 0 Å². The molecule has 0 amide bonds. The Bertz CT molecular complexity index is 1450. The minimum atomic E-state index is -1.86. The van der Waals surface area contributed by atoms with Crippen LogP contribution in [-0.4, -0.2) is 28.1 Å². The monoisotopic (exact) mass is 527 g/mol. The van der Waals surface area contributed by atoms with Crippen LogP contribution in [-0.2, 0) is 23.0 Å². The lowest BCUT2D eigenvalue weighted by Crippen LogP contribution is -2.41. The number of hydrogen-bond acceptors (Lipinski definition) is 5. The molecule has 0 radical (unpaired) electrons. The Hall–Kier alpha value is -2.87. The van der Waals surface area contributed by atoms with E-state index in [4.69, 9.17) is 20.1 Å². The highest BCUT2D eigenvalue weighted by molar-refractivity contribution is 6.74. The van der Waals surface area contributed by atoms with E-state index < -0.39 is 8.32 Å². The molecule has 3 aromatic heterocycles. The molecule has 1 aromatic carbocycles. The summed E-state index contributed by atoms with van der Waals surface area (Å²) in [6.45, 7) is 14.0. The largest absolute Gasteiger partial charge is 0.411 e. The lowest BCUT2D eigenvalue weighted by molar-refractivity contribution is 0.272. The predicted octanol–water partition coefficient (Wildman–Crippen LogP) is 7.29. The second-order valence-corrected chi connectivity index (χ2v) is 17.1. The van der Waals surface area contributed by atoms with Crippen molar-refractivity contribution in [2.24, 2.45) is 5.73 Å². The van der Waals surface area contributed by atoms with Gasteiger partial charge in [0.05, 0.1) is 40.9 Å². The lowest BCUT2D eigenvalue weighted by Gasteiger charge is -2.36. The zero-order chi connectivity index (χ0) is 27.1. The summed E-state index contributed by atoms with van der Waals surface area (Å²) in [6, 6.07) is 16.8. The van der Waals surface area contributed by atoms with Crippen molar-refractivity contribution in [1.29, 1.82) is 0 Å². The molecule has 38 heavy (non-hydrogen) atoms. The van der Waals surface area contributed by atoms with Crippen molar-refractivity contribution in [2.45, 2.75) is 90.1 Å². The topological polar surface area (TPSA) is 78.8 Å². The molecule has 7 heteroatoms. The maximum Gasteiger partial charge on any atom is 0.192 e. The fourth-order valence-electron chi connectivity index (χ4n) is 5.18. The van der Waals surface area contributed by atoms with Gasteiger partial charge in [-0.05, 0) is 73.6 Å². The van der Waals surface area contributed by atoms with Crippen LogP contribution in [0.5, 0.6) is 0 Å². The molecule has 0 spiro atoms. The third kappa shape index (κ3) is 5.07. The highest BCUT2D eigenvalue weighted by Gasteiger charge is 2.37. The Morgan fingerprint density at radius 2 is 1.89 bits per heavy atom. The summed E-state index contributed by atoms with van der Waals surface area (Å²) < 4.78 is 8.34. The second-order valence-electron chi connectivity index (χ2n) is 12.3. The maximum absolute atomic E-state index is 6.90. The number of rotatable bonds is 7. The Morgan fingerprint density at radius 3 is 2.66 bits per heavy atom. The van der Waals surface area contributed by atoms with E-state index in [2.05, 4.69) is 76.2 Å². The zero-order valence-corrected chi connectivity index (χ0v) is 24.7. The van der Waals surface area contributed by atoms with Crippen LogP contribution in [0.25, 0.3) is 28.0 Å². The molecule has 0 saturated carbocycles. The van der Waals surface area contributed by atoms with E-state index in [1.165, 1.54) is 5.56 Å². The van der Waals surface area contributed by atoms with Gasteiger partial charge in [-0.1, -0.05) is 58.4 Å². The van der Waals surface area contributed by atoms with Crippen LogP contribution in [0.2, 0.25) is 18.1 Å². The van der Waals surface area contributed by atoms with E-state index in [0.29, 0.717) is 6.61 Å². The highest BCUT2D eigenvalue weighted by atomic mass is 28.4. The molecule has 6 nitrogen and oxygen atoms in total. The van der Waals surface area contributed by atoms with Crippen LogP contribution in [0.3, 0.4) is 0 Å². The van der Waals surface area contributed by atoms with Crippen molar-refractivity contribution in [2.75, 3.05) is 0 Å². The van der Waals surface area contributed by atoms with E-state index in [1.54, 1.807) is 0 Å². The standard InChI is InChI=1S/C31H41N5OSi/c1-7-17-31(32)18-9-10-22-15-16-26(35-29(22)31)23-13-14-24-20-33-36(27(24)19-23)28-12-8-11-25(34-28)21-37-38(5,6)30(2,3)4/h8,11-16,19-20H,7,9-10,17-18,21,32H2,1-6H3. The van der Waals surface area contributed by atoms with Crippen molar-refractivity contribution in [3.63, 3.8) is 0 Å².